The van der Waals surface area contributed by atoms with E-state index in [2.05, 4.69) is 0 Å². The number of ether oxygens (including phenoxy) is 1. The van der Waals surface area contributed by atoms with Crippen molar-refractivity contribution in [2.45, 2.75) is 19.6 Å². The van der Waals surface area contributed by atoms with E-state index in [9.17, 15) is 14.4 Å². The number of primary amides is 1. The van der Waals surface area contributed by atoms with E-state index in [0.29, 0.717) is 22.2 Å². The largest absolute Gasteiger partial charge is 0.459 e. The molecule has 0 aliphatic rings. The van der Waals surface area contributed by atoms with Crippen molar-refractivity contribution in [1.82, 2.24) is 4.57 Å². The first kappa shape index (κ1) is 16.5. The van der Waals surface area contributed by atoms with Crippen LogP contribution in [0.4, 0.5) is 0 Å². The standard InChI is InChI=1S/C18H16N2O5/c1-11(20-14-7-2-3-8-15(14)25-18(20)23)17(22)24-10-12-5-4-6-13(9-12)16(19)21/h2-9,11H,10H2,1H3,(H2,19,21)/t11-/m1/s1. The maximum absolute atomic E-state index is 12.3. The maximum atomic E-state index is 12.3. The minimum atomic E-state index is -0.851. The Balaban J connectivity index is 1.77. The summed E-state index contributed by atoms with van der Waals surface area (Å²) in [4.78, 5) is 35.5. The van der Waals surface area contributed by atoms with Crippen LogP contribution in [0.25, 0.3) is 11.1 Å². The molecule has 3 rings (SSSR count). The summed E-state index contributed by atoms with van der Waals surface area (Å²) in [6, 6.07) is 12.5. The molecular formula is C18H16N2O5. The number of amides is 1. The number of hydrogen-bond acceptors (Lipinski definition) is 5. The molecule has 0 saturated heterocycles. The van der Waals surface area contributed by atoms with Gasteiger partial charge in [-0.2, -0.15) is 0 Å². The fourth-order valence-corrected chi connectivity index (χ4v) is 2.55. The van der Waals surface area contributed by atoms with Gasteiger partial charge in [0.1, 0.15) is 12.6 Å². The Kier molecular flexibility index (Phi) is 4.38. The minimum Gasteiger partial charge on any atom is -0.459 e. The highest BCUT2D eigenvalue weighted by molar-refractivity contribution is 5.92. The third-order valence-corrected chi connectivity index (χ3v) is 3.84. The van der Waals surface area contributed by atoms with Crippen molar-refractivity contribution in [1.29, 1.82) is 0 Å². The van der Waals surface area contributed by atoms with E-state index in [1.54, 1.807) is 55.5 Å². The molecule has 0 radical (unpaired) electrons. The lowest BCUT2D eigenvalue weighted by Gasteiger charge is -2.12. The lowest BCUT2D eigenvalue weighted by atomic mass is 10.1. The molecule has 0 spiro atoms. The third kappa shape index (κ3) is 3.30. The molecule has 0 aliphatic carbocycles. The number of nitrogens with zero attached hydrogens (tertiary/aromatic N) is 1. The van der Waals surface area contributed by atoms with Gasteiger partial charge in [-0.3, -0.25) is 9.36 Å². The van der Waals surface area contributed by atoms with Crippen molar-refractivity contribution in [2.24, 2.45) is 5.73 Å². The molecule has 1 atom stereocenters. The Bertz CT molecular complexity index is 1000. The second-order valence-electron chi connectivity index (χ2n) is 5.55. The maximum Gasteiger partial charge on any atom is 0.420 e. The zero-order chi connectivity index (χ0) is 18.0. The molecule has 0 saturated carbocycles. The zero-order valence-corrected chi connectivity index (χ0v) is 13.5. The molecule has 3 aromatic rings. The van der Waals surface area contributed by atoms with Crippen molar-refractivity contribution in [3.63, 3.8) is 0 Å². The lowest BCUT2D eigenvalue weighted by Crippen LogP contribution is -2.26. The number of carbonyl (C=O) groups is 2. The number of benzene rings is 2. The van der Waals surface area contributed by atoms with Gasteiger partial charge >= 0.3 is 11.7 Å². The number of fused-ring (bicyclic) bond motifs is 1. The van der Waals surface area contributed by atoms with Crippen molar-refractivity contribution in [3.05, 3.63) is 70.2 Å². The van der Waals surface area contributed by atoms with Gasteiger partial charge in [0.2, 0.25) is 5.91 Å². The summed E-state index contributed by atoms with van der Waals surface area (Å²) in [5.41, 5.74) is 7.11. The van der Waals surface area contributed by atoms with Crippen molar-refractivity contribution >= 4 is 23.0 Å². The Morgan fingerprint density at radius 1 is 1.20 bits per heavy atom. The normalized spacial score (nSPS) is 12.0. The molecule has 1 amide bonds. The van der Waals surface area contributed by atoms with Crippen LogP contribution in [0.15, 0.2) is 57.7 Å². The summed E-state index contributed by atoms with van der Waals surface area (Å²) in [5.74, 6) is -1.77. The Morgan fingerprint density at radius 3 is 2.72 bits per heavy atom. The molecule has 2 N–H and O–H groups in total. The molecule has 128 valence electrons. The van der Waals surface area contributed by atoms with Crippen molar-refractivity contribution in [3.8, 4) is 0 Å². The van der Waals surface area contributed by atoms with E-state index in [4.69, 9.17) is 14.9 Å². The highest BCUT2D eigenvalue weighted by Crippen LogP contribution is 2.18. The predicted octanol–water partition coefficient (Wildman–Crippen LogP) is 2.00. The number of para-hydroxylation sites is 2. The van der Waals surface area contributed by atoms with Gasteiger partial charge in [0.25, 0.3) is 0 Å². The smallest absolute Gasteiger partial charge is 0.420 e. The van der Waals surface area contributed by atoms with Crippen molar-refractivity contribution < 1.29 is 18.7 Å². The topological polar surface area (TPSA) is 105 Å². The Labute approximate surface area is 142 Å². The first-order chi connectivity index (χ1) is 12.0. The van der Waals surface area contributed by atoms with Crippen LogP contribution < -0.4 is 11.5 Å². The lowest BCUT2D eigenvalue weighted by molar-refractivity contribution is -0.148. The van der Waals surface area contributed by atoms with Crippen LogP contribution in [-0.2, 0) is 16.1 Å². The summed E-state index contributed by atoms with van der Waals surface area (Å²) in [6.45, 7) is 1.53. The van der Waals surface area contributed by atoms with Gasteiger partial charge in [-0.05, 0) is 36.8 Å². The van der Waals surface area contributed by atoms with Gasteiger partial charge in [0.15, 0.2) is 5.58 Å². The minimum absolute atomic E-state index is 0.0329. The average molecular weight is 340 g/mol. The first-order valence-corrected chi connectivity index (χ1v) is 7.63. The fraction of sp³-hybridized carbons (Fsp3) is 0.167. The third-order valence-electron chi connectivity index (χ3n) is 3.84. The molecule has 7 heteroatoms. The summed E-state index contributed by atoms with van der Waals surface area (Å²) < 4.78 is 11.6. The molecular weight excluding hydrogens is 324 g/mol. The molecule has 0 aliphatic heterocycles. The summed E-state index contributed by atoms with van der Waals surface area (Å²) in [7, 11) is 0. The number of rotatable bonds is 5. The fourth-order valence-electron chi connectivity index (χ4n) is 2.55. The Hall–Kier alpha value is -3.35. The van der Waals surface area contributed by atoms with E-state index in [1.807, 2.05) is 0 Å². The molecule has 25 heavy (non-hydrogen) atoms. The number of oxazole rings is 1. The quantitative estimate of drug-likeness (QED) is 0.715. The van der Waals surface area contributed by atoms with Gasteiger partial charge in [0.05, 0.1) is 5.52 Å². The predicted molar refractivity (Wildman–Crippen MR) is 89.9 cm³/mol. The Morgan fingerprint density at radius 2 is 1.96 bits per heavy atom. The van der Waals surface area contributed by atoms with Gasteiger partial charge in [-0.25, -0.2) is 9.59 Å². The SMILES string of the molecule is C[C@H](C(=O)OCc1cccc(C(N)=O)c1)n1c(=O)oc2ccccc21. The monoisotopic (exact) mass is 340 g/mol. The van der Waals surface area contributed by atoms with Crippen LogP contribution in [0.2, 0.25) is 0 Å². The van der Waals surface area contributed by atoms with Crippen LogP contribution in [0.3, 0.4) is 0 Å². The molecule has 1 heterocycles. The molecule has 0 fully saturated rings. The summed E-state index contributed by atoms with van der Waals surface area (Å²) in [5, 5.41) is 0. The number of esters is 1. The molecule has 1 aromatic heterocycles. The van der Waals surface area contributed by atoms with Crippen LogP contribution in [0, 0.1) is 0 Å². The first-order valence-electron chi connectivity index (χ1n) is 7.63. The van der Waals surface area contributed by atoms with Gasteiger partial charge in [-0.15, -0.1) is 0 Å². The summed E-state index contributed by atoms with van der Waals surface area (Å²) >= 11 is 0. The van der Waals surface area contributed by atoms with Crippen LogP contribution in [0.5, 0.6) is 0 Å². The average Bonchev–Trinajstić information content (AvgIpc) is 2.95. The molecule has 2 aromatic carbocycles. The van der Waals surface area contributed by atoms with E-state index in [0.717, 1.165) is 0 Å². The second-order valence-corrected chi connectivity index (χ2v) is 5.55. The van der Waals surface area contributed by atoms with Crippen LogP contribution in [-0.4, -0.2) is 16.4 Å². The van der Waals surface area contributed by atoms with E-state index < -0.39 is 23.7 Å². The van der Waals surface area contributed by atoms with E-state index in [1.165, 1.54) is 4.57 Å². The van der Waals surface area contributed by atoms with E-state index in [-0.39, 0.29) is 6.61 Å². The molecule has 0 bridgehead atoms. The second kappa shape index (κ2) is 6.64. The van der Waals surface area contributed by atoms with Crippen LogP contribution in [0.1, 0.15) is 28.9 Å². The zero-order valence-electron chi connectivity index (χ0n) is 13.5. The highest BCUT2D eigenvalue weighted by atomic mass is 16.5. The number of carbonyl (C=O) groups excluding carboxylic acids is 2. The van der Waals surface area contributed by atoms with Crippen molar-refractivity contribution in [2.75, 3.05) is 0 Å². The molecule has 0 unspecified atom stereocenters. The van der Waals surface area contributed by atoms with E-state index >= 15 is 0 Å². The number of nitrogens with two attached hydrogens (primary N) is 1. The van der Waals surface area contributed by atoms with Gasteiger partial charge in [0, 0.05) is 5.56 Å². The number of aromatic nitrogens is 1. The van der Waals surface area contributed by atoms with Gasteiger partial charge in [-0.1, -0.05) is 24.3 Å². The summed E-state index contributed by atoms with van der Waals surface area (Å²) in [6.07, 6.45) is 0. The number of hydrogen-bond donors (Lipinski definition) is 1. The van der Waals surface area contributed by atoms with Crippen LogP contribution >= 0.6 is 0 Å². The van der Waals surface area contributed by atoms with Gasteiger partial charge < -0.3 is 14.9 Å². The molecule has 7 nitrogen and oxygen atoms in total. The highest BCUT2D eigenvalue weighted by Gasteiger charge is 2.22.